The summed E-state index contributed by atoms with van der Waals surface area (Å²) in [6.45, 7) is 8.12. The van der Waals surface area contributed by atoms with Gasteiger partial charge in [-0.3, -0.25) is 4.99 Å². The Hall–Kier alpha value is -2.33. The van der Waals surface area contributed by atoms with Crippen molar-refractivity contribution >= 4 is 23.3 Å². The molecule has 0 saturated carbocycles. The fourth-order valence-electron chi connectivity index (χ4n) is 3.79. The molecule has 0 atom stereocenters. The van der Waals surface area contributed by atoms with Crippen molar-refractivity contribution in [2.45, 2.75) is 19.8 Å². The highest BCUT2D eigenvalue weighted by Crippen LogP contribution is 2.25. The van der Waals surface area contributed by atoms with Crippen LogP contribution in [0.5, 0.6) is 0 Å². The molecule has 0 bridgehead atoms. The zero-order chi connectivity index (χ0) is 17.8. The van der Waals surface area contributed by atoms with Gasteiger partial charge in [-0.05, 0) is 67.3 Å². The molecule has 2 saturated heterocycles. The Balaban J connectivity index is 1.43. The molecular weight excluding hydrogens is 322 g/mol. The van der Waals surface area contributed by atoms with Crippen molar-refractivity contribution < 1.29 is 4.74 Å². The van der Waals surface area contributed by atoms with Crippen LogP contribution in [-0.4, -0.2) is 45.6 Å². The highest BCUT2D eigenvalue weighted by molar-refractivity contribution is 5.83. The Morgan fingerprint density at radius 1 is 0.885 bits per heavy atom. The average Bonchev–Trinajstić information content (AvgIpc) is 3.22. The van der Waals surface area contributed by atoms with Gasteiger partial charge in [-0.2, -0.15) is 0 Å². The largest absolute Gasteiger partial charge is 0.378 e. The fourth-order valence-corrected chi connectivity index (χ4v) is 3.79. The van der Waals surface area contributed by atoms with Crippen molar-refractivity contribution in [3.8, 4) is 0 Å². The zero-order valence-electron chi connectivity index (χ0n) is 15.5. The van der Waals surface area contributed by atoms with Crippen LogP contribution >= 0.6 is 0 Å². The van der Waals surface area contributed by atoms with E-state index in [0.29, 0.717) is 0 Å². The normalized spacial score (nSPS) is 18.0. The molecule has 4 heteroatoms. The predicted octanol–water partition coefficient (Wildman–Crippen LogP) is 4.18. The lowest BCUT2D eigenvalue weighted by molar-refractivity contribution is 0.122. The van der Waals surface area contributed by atoms with E-state index in [1.807, 2.05) is 6.21 Å². The lowest BCUT2D eigenvalue weighted by Crippen LogP contribution is -2.36. The zero-order valence-corrected chi connectivity index (χ0v) is 15.5. The Labute approximate surface area is 156 Å². The molecule has 0 N–H and O–H groups in total. The molecule has 0 unspecified atom stereocenters. The van der Waals surface area contributed by atoms with Gasteiger partial charge in [-0.15, -0.1) is 0 Å². The van der Waals surface area contributed by atoms with Crippen LogP contribution in [0.3, 0.4) is 0 Å². The minimum atomic E-state index is 0.812. The molecule has 0 radical (unpaired) electrons. The van der Waals surface area contributed by atoms with E-state index in [4.69, 9.17) is 4.74 Å². The van der Waals surface area contributed by atoms with E-state index in [1.165, 1.54) is 42.9 Å². The standard InChI is InChI=1S/C22H27N3O/c1-18-16-19(4-9-22(18)25-10-2-3-11-25)17-23-20-5-7-21(8-6-20)24-12-14-26-15-13-24/h4-9,16-17H,2-3,10-15H2,1H3. The van der Waals surface area contributed by atoms with Crippen LogP contribution in [0.25, 0.3) is 0 Å². The second kappa shape index (κ2) is 7.92. The molecule has 4 nitrogen and oxygen atoms in total. The van der Waals surface area contributed by atoms with E-state index in [2.05, 4.69) is 64.2 Å². The first-order valence-corrected chi connectivity index (χ1v) is 9.62. The van der Waals surface area contributed by atoms with Gasteiger partial charge in [0.05, 0.1) is 18.9 Å². The van der Waals surface area contributed by atoms with Crippen LogP contribution in [0, 0.1) is 6.92 Å². The average molecular weight is 349 g/mol. The molecule has 136 valence electrons. The SMILES string of the molecule is Cc1cc(C=Nc2ccc(N3CCOCC3)cc2)ccc1N1CCCC1. The molecule has 0 amide bonds. The van der Waals surface area contributed by atoms with Gasteiger partial charge in [0.25, 0.3) is 0 Å². The maximum absolute atomic E-state index is 5.41. The van der Waals surface area contributed by atoms with Gasteiger partial charge in [-0.1, -0.05) is 6.07 Å². The smallest absolute Gasteiger partial charge is 0.0642 e. The van der Waals surface area contributed by atoms with E-state index in [-0.39, 0.29) is 0 Å². The van der Waals surface area contributed by atoms with Crippen LogP contribution in [-0.2, 0) is 4.74 Å². The molecule has 2 aliphatic rings. The van der Waals surface area contributed by atoms with Gasteiger partial charge in [0.2, 0.25) is 0 Å². The van der Waals surface area contributed by atoms with Crippen molar-refractivity contribution in [1.82, 2.24) is 0 Å². The highest BCUT2D eigenvalue weighted by atomic mass is 16.5. The number of hydrogen-bond donors (Lipinski definition) is 0. The van der Waals surface area contributed by atoms with Crippen molar-refractivity contribution in [1.29, 1.82) is 0 Å². The molecule has 0 spiro atoms. The summed E-state index contributed by atoms with van der Waals surface area (Å²) < 4.78 is 5.41. The summed E-state index contributed by atoms with van der Waals surface area (Å²) in [5.74, 6) is 0. The number of hydrogen-bond acceptors (Lipinski definition) is 4. The lowest BCUT2D eigenvalue weighted by Gasteiger charge is -2.28. The van der Waals surface area contributed by atoms with Crippen LogP contribution in [0.1, 0.15) is 24.0 Å². The summed E-state index contributed by atoms with van der Waals surface area (Å²) in [7, 11) is 0. The van der Waals surface area contributed by atoms with Gasteiger partial charge < -0.3 is 14.5 Å². The number of nitrogens with zero attached hydrogens (tertiary/aromatic N) is 3. The third kappa shape index (κ3) is 3.91. The quantitative estimate of drug-likeness (QED) is 0.775. The summed E-state index contributed by atoms with van der Waals surface area (Å²) >= 11 is 0. The number of aryl methyl sites for hydroxylation is 1. The second-order valence-electron chi connectivity index (χ2n) is 7.11. The molecule has 2 aliphatic heterocycles. The monoisotopic (exact) mass is 349 g/mol. The lowest BCUT2D eigenvalue weighted by atomic mass is 10.1. The molecule has 2 aromatic carbocycles. The first-order valence-electron chi connectivity index (χ1n) is 9.62. The summed E-state index contributed by atoms with van der Waals surface area (Å²) in [6, 6.07) is 15.1. The van der Waals surface area contributed by atoms with Crippen LogP contribution in [0.2, 0.25) is 0 Å². The van der Waals surface area contributed by atoms with Crippen molar-refractivity contribution in [3.63, 3.8) is 0 Å². The number of morpholine rings is 1. The van der Waals surface area contributed by atoms with Crippen LogP contribution in [0.15, 0.2) is 47.5 Å². The summed E-state index contributed by atoms with van der Waals surface area (Å²) in [5, 5.41) is 0. The summed E-state index contributed by atoms with van der Waals surface area (Å²) in [5.41, 5.74) is 6.09. The molecule has 0 aliphatic carbocycles. The van der Waals surface area contributed by atoms with Gasteiger partial charge in [0, 0.05) is 43.8 Å². The number of anilines is 2. The molecule has 26 heavy (non-hydrogen) atoms. The van der Waals surface area contributed by atoms with Crippen molar-refractivity contribution in [3.05, 3.63) is 53.6 Å². The summed E-state index contributed by atoms with van der Waals surface area (Å²) in [4.78, 5) is 9.49. The second-order valence-corrected chi connectivity index (χ2v) is 7.11. The van der Waals surface area contributed by atoms with Gasteiger partial charge in [0.15, 0.2) is 0 Å². The van der Waals surface area contributed by atoms with Crippen LogP contribution < -0.4 is 9.80 Å². The molecule has 2 aromatic rings. The minimum absolute atomic E-state index is 0.812. The van der Waals surface area contributed by atoms with Gasteiger partial charge >= 0.3 is 0 Å². The number of aliphatic imine (C=N–C) groups is 1. The first kappa shape index (κ1) is 17.1. The van der Waals surface area contributed by atoms with E-state index in [9.17, 15) is 0 Å². The third-order valence-electron chi connectivity index (χ3n) is 5.26. The minimum Gasteiger partial charge on any atom is -0.378 e. The van der Waals surface area contributed by atoms with Crippen LogP contribution in [0.4, 0.5) is 17.1 Å². The van der Waals surface area contributed by atoms with Gasteiger partial charge in [0.1, 0.15) is 0 Å². The van der Waals surface area contributed by atoms with Crippen molar-refractivity contribution in [2.24, 2.45) is 4.99 Å². The first-order chi connectivity index (χ1) is 12.8. The van der Waals surface area contributed by atoms with E-state index in [1.54, 1.807) is 0 Å². The topological polar surface area (TPSA) is 28.1 Å². The molecule has 4 rings (SSSR count). The molecular formula is C22H27N3O. The Bertz CT molecular complexity index is 757. The fraction of sp³-hybridized carbons (Fsp3) is 0.409. The maximum atomic E-state index is 5.41. The highest BCUT2D eigenvalue weighted by Gasteiger charge is 2.14. The Kier molecular flexibility index (Phi) is 5.21. The number of rotatable bonds is 4. The maximum Gasteiger partial charge on any atom is 0.0642 e. The number of ether oxygens (including phenoxy) is 1. The third-order valence-corrected chi connectivity index (χ3v) is 5.26. The molecule has 2 heterocycles. The summed E-state index contributed by atoms with van der Waals surface area (Å²) in [6.07, 6.45) is 4.58. The van der Waals surface area contributed by atoms with E-state index >= 15 is 0 Å². The Morgan fingerprint density at radius 3 is 2.31 bits per heavy atom. The van der Waals surface area contributed by atoms with E-state index < -0.39 is 0 Å². The molecule has 0 aromatic heterocycles. The number of benzene rings is 2. The van der Waals surface area contributed by atoms with Crippen molar-refractivity contribution in [2.75, 3.05) is 49.2 Å². The van der Waals surface area contributed by atoms with E-state index in [0.717, 1.165) is 37.6 Å². The molecule has 2 fully saturated rings. The Morgan fingerprint density at radius 2 is 1.62 bits per heavy atom. The predicted molar refractivity (Wildman–Crippen MR) is 109 cm³/mol. The van der Waals surface area contributed by atoms with Gasteiger partial charge in [-0.25, -0.2) is 0 Å².